The van der Waals surface area contributed by atoms with Gasteiger partial charge in [0.2, 0.25) is 0 Å². The van der Waals surface area contributed by atoms with Crippen LogP contribution in [0.4, 0.5) is 0 Å². The molecule has 0 aliphatic heterocycles. The smallest absolute Gasteiger partial charge is 0.338 e. The van der Waals surface area contributed by atoms with Crippen LogP contribution in [0, 0.1) is 13.8 Å². The number of nitrogens with zero attached hydrogens (tertiary/aromatic N) is 3. The lowest BCUT2D eigenvalue weighted by Gasteiger charge is -2.13. The zero-order chi connectivity index (χ0) is 17.9. The standard InChI is InChI=1S/C19H29N3O2.2ClH/c1-14-15(2)22(10-9-20(3)4)18-8-7-16(13-17(14)18)19(23)24-12-11-21(5)6;;/h7-8,13H,9-12H2,1-6H3;2*1H. The van der Waals surface area contributed by atoms with Gasteiger partial charge in [-0.1, -0.05) is 0 Å². The van der Waals surface area contributed by atoms with Gasteiger partial charge in [0.1, 0.15) is 6.61 Å². The zero-order valence-electron chi connectivity index (χ0n) is 16.5. The van der Waals surface area contributed by atoms with E-state index in [9.17, 15) is 4.79 Å². The summed E-state index contributed by atoms with van der Waals surface area (Å²) in [5.74, 6) is -0.253. The molecule has 0 fully saturated rings. The molecule has 2 rings (SSSR count). The van der Waals surface area contributed by atoms with E-state index in [2.05, 4.69) is 37.4 Å². The molecule has 0 spiro atoms. The van der Waals surface area contributed by atoms with E-state index < -0.39 is 0 Å². The van der Waals surface area contributed by atoms with Gasteiger partial charge in [0, 0.05) is 36.2 Å². The molecular formula is C19H31Cl2N3O2. The lowest BCUT2D eigenvalue weighted by molar-refractivity contribution is 0.0482. The molecule has 0 saturated heterocycles. The first-order chi connectivity index (χ1) is 11.3. The fraction of sp³-hybridized carbons (Fsp3) is 0.526. The number of aryl methyl sites for hydroxylation is 1. The van der Waals surface area contributed by atoms with Crippen LogP contribution in [0.2, 0.25) is 0 Å². The lowest BCUT2D eigenvalue weighted by Crippen LogP contribution is -2.20. The summed E-state index contributed by atoms with van der Waals surface area (Å²) in [6.07, 6.45) is 0. The van der Waals surface area contributed by atoms with Gasteiger partial charge in [-0.3, -0.25) is 0 Å². The number of aromatic nitrogens is 1. The Kier molecular flexibility index (Phi) is 10.2. The summed E-state index contributed by atoms with van der Waals surface area (Å²) < 4.78 is 7.67. The molecule has 7 heteroatoms. The predicted molar refractivity (Wildman–Crippen MR) is 113 cm³/mol. The van der Waals surface area contributed by atoms with E-state index in [1.54, 1.807) is 0 Å². The van der Waals surface area contributed by atoms with Crippen molar-refractivity contribution in [1.82, 2.24) is 14.4 Å². The number of hydrogen-bond donors (Lipinski definition) is 0. The third kappa shape index (κ3) is 5.88. The molecule has 0 aliphatic carbocycles. The summed E-state index contributed by atoms with van der Waals surface area (Å²) in [6, 6.07) is 5.86. The summed E-state index contributed by atoms with van der Waals surface area (Å²) in [4.78, 5) is 16.4. The van der Waals surface area contributed by atoms with Crippen molar-refractivity contribution in [2.24, 2.45) is 0 Å². The van der Waals surface area contributed by atoms with Gasteiger partial charge in [-0.25, -0.2) is 4.79 Å². The second-order valence-corrected chi connectivity index (χ2v) is 6.84. The van der Waals surface area contributed by atoms with Gasteiger partial charge in [-0.2, -0.15) is 0 Å². The van der Waals surface area contributed by atoms with E-state index >= 15 is 0 Å². The molecule has 148 valence electrons. The Balaban J connectivity index is 0.00000312. The second-order valence-electron chi connectivity index (χ2n) is 6.84. The first-order valence-corrected chi connectivity index (χ1v) is 8.37. The number of likely N-dealkylation sites (N-methyl/N-ethyl adjacent to an activating group) is 2. The van der Waals surface area contributed by atoms with Crippen molar-refractivity contribution in [3.63, 3.8) is 0 Å². The van der Waals surface area contributed by atoms with Crippen molar-refractivity contribution in [3.8, 4) is 0 Å². The molecule has 0 aliphatic rings. The van der Waals surface area contributed by atoms with Crippen LogP contribution in [-0.4, -0.2) is 68.2 Å². The number of rotatable bonds is 7. The number of carbonyl (C=O) groups excluding carboxylic acids is 1. The van der Waals surface area contributed by atoms with E-state index in [0.29, 0.717) is 12.2 Å². The molecule has 0 atom stereocenters. The zero-order valence-corrected chi connectivity index (χ0v) is 18.2. The molecule has 1 heterocycles. The lowest BCUT2D eigenvalue weighted by atomic mass is 10.1. The highest BCUT2D eigenvalue weighted by Gasteiger charge is 2.14. The number of halogens is 2. The number of benzene rings is 1. The Morgan fingerprint density at radius 3 is 2.23 bits per heavy atom. The minimum absolute atomic E-state index is 0. The molecular weight excluding hydrogens is 373 g/mol. The average molecular weight is 404 g/mol. The topological polar surface area (TPSA) is 37.7 Å². The summed E-state index contributed by atoms with van der Waals surface area (Å²) in [5, 5.41) is 1.13. The summed E-state index contributed by atoms with van der Waals surface area (Å²) in [7, 11) is 8.08. The van der Waals surface area contributed by atoms with Gasteiger partial charge in [0.15, 0.2) is 0 Å². The number of carbonyl (C=O) groups is 1. The van der Waals surface area contributed by atoms with E-state index in [-0.39, 0.29) is 30.8 Å². The van der Waals surface area contributed by atoms with E-state index in [0.717, 1.165) is 25.0 Å². The minimum Gasteiger partial charge on any atom is -0.461 e. The Morgan fingerprint density at radius 2 is 1.65 bits per heavy atom. The van der Waals surface area contributed by atoms with E-state index in [4.69, 9.17) is 4.74 Å². The van der Waals surface area contributed by atoms with Crippen LogP contribution < -0.4 is 0 Å². The molecule has 0 saturated carbocycles. The molecule has 0 radical (unpaired) electrons. The SMILES string of the molecule is Cc1c(C)n(CCN(C)C)c2ccc(C(=O)OCCN(C)C)cc12.Cl.Cl. The third-order valence-electron chi connectivity index (χ3n) is 4.42. The van der Waals surface area contributed by atoms with Gasteiger partial charge in [-0.15, -0.1) is 24.8 Å². The molecule has 1 aromatic carbocycles. The van der Waals surface area contributed by atoms with E-state index in [1.807, 2.05) is 37.2 Å². The van der Waals surface area contributed by atoms with Crippen LogP contribution in [-0.2, 0) is 11.3 Å². The fourth-order valence-electron chi connectivity index (χ4n) is 2.77. The largest absolute Gasteiger partial charge is 0.461 e. The Bertz CT molecular complexity index is 727. The highest BCUT2D eigenvalue weighted by atomic mass is 35.5. The minimum atomic E-state index is -0.253. The second kappa shape index (κ2) is 10.8. The van der Waals surface area contributed by atoms with Gasteiger partial charge < -0.3 is 19.1 Å². The predicted octanol–water partition coefficient (Wildman–Crippen LogP) is 3.38. The number of hydrogen-bond acceptors (Lipinski definition) is 4. The Labute approximate surface area is 169 Å². The summed E-state index contributed by atoms with van der Waals surface area (Å²) >= 11 is 0. The molecule has 2 aromatic rings. The molecule has 0 amide bonds. The van der Waals surface area contributed by atoms with Crippen LogP contribution in [0.25, 0.3) is 10.9 Å². The van der Waals surface area contributed by atoms with Crippen molar-refractivity contribution in [3.05, 3.63) is 35.0 Å². The average Bonchev–Trinajstić information content (AvgIpc) is 2.76. The van der Waals surface area contributed by atoms with Crippen LogP contribution in [0.1, 0.15) is 21.6 Å². The highest BCUT2D eigenvalue weighted by Crippen LogP contribution is 2.26. The third-order valence-corrected chi connectivity index (χ3v) is 4.42. The fourth-order valence-corrected chi connectivity index (χ4v) is 2.77. The summed E-state index contributed by atoms with van der Waals surface area (Å²) in [5.41, 5.74) is 4.28. The molecule has 0 N–H and O–H groups in total. The highest BCUT2D eigenvalue weighted by molar-refractivity contribution is 5.96. The molecule has 0 bridgehead atoms. The van der Waals surface area contributed by atoms with Gasteiger partial charge in [-0.05, 0) is 65.8 Å². The number of ether oxygens (including phenoxy) is 1. The Hall–Kier alpha value is -1.27. The van der Waals surface area contributed by atoms with Crippen molar-refractivity contribution in [2.45, 2.75) is 20.4 Å². The monoisotopic (exact) mass is 403 g/mol. The van der Waals surface area contributed by atoms with Crippen molar-refractivity contribution in [1.29, 1.82) is 0 Å². The van der Waals surface area contributed by atoms with Crippen LogP contribution in [0.3, 0.4) is 0 Å². The number of fused-ring (bicyclic) bond motifs is 1. The first-order valence-electron chi connectivity index (χ1n) is 8.37. The first kappa shape index (κ1) is 24.7. The summed E-state index contributed by atoms with van der Waals surface area (Å²) in [6.45, 7) is 7.32. The Morgan fingerprint density at radius 1 is 1.04 bits per heavy atom. The molecule has 26 heavy (non-hydrogen) atoms. The quantitative estimate of drug-likeness (QED) is 0.664. The van der Waals surface area contributed by atoms with Crippen molar-refractivity contribution >= 4 is 41.7 Å². The van der Waals surface area contributed by atoms with Crippen LogP contribution in [0.15, 0.2) is 18.2 Å². The maximum absolute atomic E-state index is 12.2. The normalized spacial score (nSPS) is 10.8. The maximum Gasteiger partial charge on any atom is 0.338 e. The van der Waals surface area contributed by atoms with Crippen molar-refractivity contribution < 1.29 is 9.53 Å². The van der Waals surface area contributed by atoms with Crippen LogP contribution in [0.5, 0.6) is 0 Å². The van der Waals surface area contributed by atoms with Gasteiger partial charge >= 0.3 is 5.97 Å². The van der Waals surface area contributed by atoms with Crippen molar-refractivity contribution in [2.75, 3.05) is 47.9 Å². The molecule has 5 nitrogen and oxygen atoms in total. The van der Waals surface area contributed by atoms with E-state index in [1.165, 1.54) is 16.8 Å². The van der Waals surface area contributed by atoms with Crippen LogP contribution >= 0.6 is 24.8 Å². The molecule has 1 aromatic heterocycles. The maximum atomic E-state index is 12.2. The van der Waals surface area contributed by atoms with Gasteiger partial charge in [0.25, 0.3) is 0 Å². The molecule has 0 unspecified atom stereocenters. The van der Waals surface area contributed by atoms with Gasteiger partial charge in [0.05, 0.1) is 5.56 Å². The number of esters is 1.